The molecule has 2 unspecified atom stereocenters. The van der Waals surface area contributed by atoms with E-state index in [2.05, 4.69) is 9.82 Å². The molecule has 2 atom stereocenters. The van der Waals surface area contributed by atoms with Crippen molar-refractivity contribution in [2.75, 3.05) is 13.7 Å². The van der Waals surface area contributed by atoms with Crippen LogP contribution in [0.2, 0.25) is 0 Å². The SMILES string of the molecule is COC1CCC(NS(=O)(=O)c2cnn(CCO)c2)C1. The van der Waals surface area contributed by atoms with Crippen LogP contribution >= 0.6 is 0 Å². The molecule has 0 bridgehead atoms. The molecule has 1 heterocycles. The maximum absolute atomic E-state index is 12.1. The highest BCUT2D eigenvalue weighted by atomic mass is 32.2. The average Bonchev–Trinajstić information content (AvgIpc) is 2.98. The topological polar surface area (TPSA) is 93.5 Å². The zero-order valence-electron chi connectivity index (χ0n) is 10.8. The Morgan fingerprint density at radius 2 is 2.37 bits per heavy atom. The van der Waals surface area contributed by atoms with Crippen LogP contribution in [-0.2, 0) is 21.3 Å². The lowest BCUT2D eigenvalue weighted by atomic mass is 10.3. The van der Waals surface area contributed by atoms with Gasteiger partial charge in [0.2, 0.25) is 10.0 Å². The van der Waals surface area contributed by atoms with E-state index in [1.165, 1.54) is 17.1 Å². The third-order valence-corrected chi connectivity index (χ3v) is 4.76. The molecule has 1 aromatic heterocycles. The molecular formula is C11H19N3O4S. The summed E-state index contributed by atoms with van der Waals surface area (Å²) >= 11 is 0. The molecule has 0 aliphatic heterocycles. The van der Waals surface area contributed by atoms with Crippen LogP contribution in [0.15, 0.2) is 17.3 Å². The maximum Gasteiger partial charge on any atom is 0.243 e. The van der Waals surface area contributed by atoms with Gasteiger partial charge in [-0.25, -0.2) is 13.1 Å². The van der Waals surface area contributed by atoms with Crippen molar-refractivity contribution in [2.24, 2.45) is 0 Å². The normalized spacial score (nSPS) is 23.9. The maximum atomic E-state index is 12.1. The molecule has 2 rings (SSSR count). The molecule has 1 aliphatic carbocycles. The van der Waals surface area contributed by atoms with Gasteiger partial charge in [-0.1, -0.05) is 0 Å². The molecule has 8 heteroatoms. The van der Waals surface area contributed by atoms with Crippen molar-refractivity contribution in [2.45, 2.75) is 42.8 Å². The highest BCUT2D eigenvalue weighted by molar-refractivity contribution is 7.89. The highest BCUT2D eigenvalue weighted by Crippen LogP contribution is 2.23. The number of nitrogens with zero attached hydrogens (tertiary/aromatic N) is 2. The lowest BCUT2D eigenvalue weighted by Gasteiger charge is -2.12. The van der Waals surface area contributed by atoms with Crippen LogP contribution in [0.4, 0.5) is 0 Å². The van der Waals surface area contributed by atoms with Crippen molar-refractivity contribution in [1.82, 2.24) is 14.5 Å². The van der Waals surface area contributed by atoms with E-state index in [-0.39, 0.29) is 30.2 Å². The van der Waals surface area contributed by atoms with Gasteiger partial charge in [0.05, 0.1) is 25.5 Å². The lowest BCUT2D eigenvalue weighted by Crippen LogP contribution is -2.33. The van der Waals surface area contributed by atoms with Crippen molar-refractivity contribution in [3.63, 3.8) is 0 Å². The standard InChI is InChI=1S/C11H19N3O4S/c1-18-10-3-2-9(6-10)13-19(16,17)11-7-12-14(8-11)4-5-15/h7-10,13,15H,2-6H2,1H3. The number of aliphatic hydroxyl groups excluding tert-OH is 1. The molecule has 1 aliphatic rings. The molecule has 1 saturated carbocycles. The first-order chi connectivity index (χ1) is 9.05. The van der Waals surface area contributed by atoms with E-state index in [1.807, 2.05) is 0 Å². The fourth-order valence-electron chi connectivity index (χ4n) is 2.26. The zero-order valence-corrected chi connectivity index (χ0v) is 11.6. The predicted octanol–water partition coefficient (Wildman–Crippen LogP) is -0.279. The Hall–Kier alpha value is -0.960. The molecule has 7 nitrogen and oxygen atoms in total. The number of rotatable bonds is 6. The van der Waals surface area contributed by atoms with Crippen molar-refractivity contribution >= 4 is 10.0 Å². The summed E-state index contributed by atoms with van der Waals surface area (Å²) in [6.07, 6.45) is 5.18. The van der Waals surface area contributed by atoms with Gasteiger partial charge in [-0.05, 0) is 19.3 Å². The second-order valence-corrected chi connectivity index (χ2v) is 6.37. The van der Waals surface area contributed by atoms with Crippen LogP contribution < -0.4 is 4.72 Å². The number of ether oxygens (including phenoxy) is 1. The van der Waals surface area contributed by atoms with E-state index in [0.29, 0.717) is 6.42 Å². The molecule has 1 fully saturated rings. The third kappa shape index (κ3) is 3.53. The van der Waals surface area contributed by atoms with Crippen molar-refractivity contribution < 1.29 is 18.3 Å². The van der Waals surface area contributed by atoms with Gasteiger partial charge in [0, 0.05) is 19.3 Å². The Balaban J connectivity index is 2.01. The summed E-state index contributed by atoms with van der Waals surface area (Å²) in [5, 5.41) is 12.7. The first-order valence-electron chi connectivity index (χ1n) is 6.23. The molecule has 0 radical (unpaired) electrons. The van der Waals surface area contributed by atoms with Gasteiger partial charge in [-0.2, -0.15) is 5.10 Å². The Morgan fingerprint density at radius 3 is 3.00 bits per heavy atom. The summed E-state index contributed by atoms with van der Waals surface area (Å²) in [6, 6.07) is -0.0869. The van der Waals surface area contributed by atoms with Gasteiger partial charge in [-0.3, -0.25) is 4.68 Å². The van der Waals surface area contributed by atoms with Crippen LogP contribution in [0.1, 0.15) is 19.3 Å². The van der Waals surface area contributed by atoms with Crippen LogP contribution in [0.5, 0.6) is 0 Å². The fraction of sp³-hybridized carbons (Fsp3) is 0.727. The molecule has 2 N–H and O–H groups in total. The van der Waals surface area contributed by atoms with Gasteiger partial charge < -0.3 is 9.84 Å². The first kappa shape index (κ1) is 14.4. The number of methoxy groups -OCH3 is 1. The van der Waals surface area contributed by atoms with Crippen LogP contribution in [0, 0.1) is 0 Å². The largest absolute Gasteiger partial charge is 0.394 e. The Labute approximate surface area is 112 Å². The number of hydrogen-bond acceptors (Lipinski definition) is 5. The van der Waals surface area contributed by atoms with Crippen molar-refractivity contribution in [1.29, 1.82) is 0 Å². The molecule has 0 spiro atoms. The number of aromatic nitrogens is 2. The minimum absolute atomic E-state index is 0.0766. The predicted molar refractivity (Wildman–Crippen MR) is 68.1 cm³/mol. The summed E-state index contributed by atoms with van der Waals surface area (Å²) in [6.45, 7) is 0.206. The summed E-state index contributed by atoms with van der Waals surface area (Å²) in [7, 11) is -1.90. The van der Waals surface area contributed by atoms with E-state index >= 15 is 0 Å². The van der Waals surface area contributed by atoms with Crippen LogP contribution in [0.3, 0.4) is 0 Å². The number of sulfonamides is 1. The molecular weight excluding hydrogens is 270 g/mol. The molecule has 108 valence electrons. The Kier molecular flexibility index (Phi) is 4.56. The fourth-order valence-corrected chi connectivity index (χ4v) is 3.49. The van der Waals surface area contributed by atoms with E-state index in [1.54, 1.807) is 7.11 Å². The van der Waals surface area contributed by atoms with Gasteiger partial charge in [0.15, 0.2) is 0 Å². The van der Waals surface area contributed by atoms with E-state index < -0.39 is 10.0 Å². The quantitative estimate of drug-likeness (QED) is 0.751. The van der Waals surface area contributed by atoms with Gasteiger partial charge >= 0.3 is 0 Å². The molecule has 0 saturated heterocycles. The number of hydrogen-bond donors (Lipinski definition) is 2. The molecule has 1 aromatic rings. The zero-order chi connectivity index (χ0) is 13.9. The Morgan fingerprint density at radius 1 is 1.58 bits per heavy atom. The summed E-state index contributed by atoms with van der Waals surface area (Å²) < 4.78 is 33.6. The smallest absolute Gasteiger partial charge is 0.243 e. The van der Waals surface area contributed by atoms with Gasteiger partial charge in [0.1, 0.15) is 4.90 Å². The Bertz CT molecular complexity index is 514. The average molecular weight is 289 g/mol. The van der Waals surface area contributed by atoms with Crippen LogP contribution in [0.25, 0.3) is 0 Å². The highest BCUT2D eigenvalue weighted by Gasteiger charge is 2.29. The summed E-state index contributed by atoms with van der Waals surface area (Å²) in [4.78, 5) is 0.127. The number of aliphatic hydroxyl groups is 1. The molecule has 0 aromatic carbocycles. The van der Waals surface area contributed by atoms with E-state index in [0.717, 1.165) is 12.8 Å². The second-order valence-electron chi connectivity index (χ2n) is 4.65. The first-order valence-corrected chi connectivity index (χ1v) is 7.72. The van der Waals surface area contributed by atoms with Crippen molar-refractivity contribution in [3.8, 4) is 0 Å². The van der Waals surface area contributed by atoms with Gasteiger partial charge in [0.25, 0.3) is 0 Å². The van der Waals surface area contributed by atoms with E-state index in [4.69, 9.17) is 9.84 Å². The van der Waals surface area contributed by atoms with E-state index in [9.17, 15) is 8.42 Å². The summed E-state index contributed by atoms with van der Waals surface area (Å²) in [5.74, 6) is 0. The minimum Gasteiger partial charge on any atom is -0.394 e. The molecule has 19 heavy (non-hydrogen) atoms. The minimum atomic E-state index is -3.54. The molecule has 0 amide bonds. The van der Waals surface area contributed by atoms with Crippen LogP contribution in [-0.4, -0.2) is 49.2 Å². The second kappa shape index (κ2) is 6.00. The van der Waals surface area contributed by atoms with Gasteiger partial charge in [-0.15, -0.1) is 0 Å². The third-order valence-electron chi connectivity index (χ3n) is 3.29. The summed E-state index contributed by atoms with van der Waals surface area (Å²) in [5.41, 5.74) is 0. The van der Waals surface area contributed by atoms with Crippen molar-refractivity contribution in [3.05, 3.63) is 12.4 Å². The lowest BCUT2D eigenvalue weighted by molar-refractivity contribution is 0.107. The monoisotopic (exact) mass is 289 g/mol. The number of nitrogens with one attached hydrogen (secondary N) is 1.